The molecular formula is C20H27N5OS. The lowest BCUT2D eigenvalue weighted by Gasteiger charge is -2.26. The van der Waals surface area contributed by atoms with Gasteiger partial charge in [0, 0.05) is 42.1 Å². The molecule has 2 aromatic heterocycles. The number of hydrogen-bond acceptors (Lipinski definition) is 6. The van der Waals surface area contributed by atoms with Crippen molar-refractivity contribution < 1.29 is 4.79 Å². The minimum absolute atomic E-state index is 0.245. The molecule has 2 aliphatic rings. The smallest absolute Gasteiger partial charge is 0.225 e. The van der Waals surface area contributed by atoms with Gasteiger partial charge in [0.2, 0.25) is 5.91 Å². The van der Waals surface area contributed by atoms with Crippen LogP contribution in [0.3, 0.4) is 0 Å². The highest BCUT2D eigenvalue weighted by molar-refractivity contribution is 7.15. The third-order valence-electron chi connectivity index (χ3n) is 5.59. The van der Waals surface area contributed by atoms with E-state index < -0.39 is 0 Å². The van der Waals surface area contributed by atoms with Crippen molar-refractivity contribution in [1.29, 1.82) is 0 Å². The van der Waals surface area contributed by atoms with Gasteiger partial charge in [-0.1, -0.05) is 19.3 Å². The standard InChI is InChI=1S/C20H27N5OS/c1-13-11-21-20(27-13)24-18-10-17(22-14(2)23-18)16-8-9-25(12-16)19(26)15-6-4-3-5-7-15/h10-11,15-16H,3-9,12H2,1-2H3,(H,21,22,23,24)/t16-/m0/s1. The number of likely N-dealkylation sites (tertiary alicyclic amines) is 1. The number of amides is 1. The van der Waals surface area contributed by atoms with Crippen LogP contribution in [0.1, 0.15) is 60.8 Å². The number of carbonyl (C=O) groups excluding carboxylic acids is 1. The van der Waals surface area contributed by atoms with Crippen molar-refractivity contribution in [2.24, 2.45) is 5.92 Å². The molecule has 0 spiro atoms. The molecule has 1 saturated heterocycles. The van der Waals surface area contributed by atoms with Crippen LogP contribution in [0, 0.1) is 19.8 Å². The summed E-state index contributed by atoms with van der Waals surface area (Å²) < 4.78 is 0. The fourth-order valence-corrected chi connectivity index (χ4v) is 4.87. The zero-order valence-electron chi connectivity index (χ0n) is 16.1. The van der Waals surface area contributed by atoms with Gasteiger partial charge in [-0.3, -0.25) is 4.79 Å². The van der Waals surface area contributed by atoms with Crippen molar-refractivity contribution in [3.05, 3.63) is 28.7 Å². The first-order valence-electron chi connectivity index (χ1n) is 9.92. The maximum absolute atomic E-state index is 12.8. The summed E-state index contributed by atoms with van der Waals surface area (Å²) >= 11 is 1.61. The number of hydrogen-bond donors (Lipinski definition) is 1. The van der Waals surface area contributed by atoms with Gasteiger partial charge in [0.05, 0.1) is 5.69 Å². The summed E-state index contributed by atoms with van der Waals surface area (Å²) in [7, 11) is 0. The molecule has 3 heterocycles. The Labute approximate surface area is 164 Å². The zero-order valence-corrected chi connectivity index (χ0v) is 16.9. The normalized spacial score (nSPS) is 20.8. The molecule has 1 amide bonds. The Morgan fingerprint density at radius 1 is 1.19 bits per heavy atom. The quantitative estimate of drug-likeness (QED) is 0.854. The largest absolute Gasteiger partial charge is 0.342 e. The summed E-state index contributed by atoms with van der Waals surface area (Å²) in [6.45, 7) is 5.58. The van der Waals surface area contributed by atoms with E-state index in [0.717, 1.165) is 59.7 Å². The van der Waals surface area contributed by atoms with Gasteiger partial charge in [-0.05, 0) is 33.1 Å². The molecular weight excluding hydrogens is 358 g/mol. The fourth-order valence-electron chi connectivity index (χ4n) is 4.20. The molecule has 1 saturated carbocycles. The molecule has 144 valence electrons. The fraction of sp³-hybridized carbons (Fsp3) is 0.600. The van der Waals surface area contributed by atoms with Gasteiger partial charge >= 0.3 is 0 Å². The van der Waals surface area contributed by atoms with E-state index in [2.05, 4.69) is 25.2 Å². The summed E-state index contributed by atoms with van der Waals surface area (Å²) in [6, 6.07) is 2.02. The molecule has 1 atom stereocenters. The van der Waals surface area contributed by atoms with Crippen LogP contribution in [0.2, 0.25) is 0 Å². The molecule has 0 radical (unpaired) electrons. The summed E-state index contributed by atoms with van der Waals surface area (Å²) in [5.41, 5.74) is 1.03. The Morgan fingerprint density at radius 2 is 2.00 bits per heavy atom. The highest BCUT2D eigenvalue weighted by Gasteiger charge is 2.32. The Morgan fingerprint density at radius 3 is 2.74 bits per heavy atom. The molecule has 1 aliphatic heterocycles. The van der Waals surface area contributed by atoms with Crippen LogP contribution in [0.4, 0.5) is 10.9 Å². The summed E-state index contributed by atoms with van der Waals surface area (Å²) in [5.74, 6) is 2.43. The van der Waals surface area contributed by atoms with Crippen LogP contribution in [0.5, 0.6) is 0 Å². The molecule has 7 heteroatoms. The lowest BCUT2D eigenvalue weighted by Crippen LogP contribution is -2.35. The maximum Gasteiger partial charge on any atom is 0.225 e. The summed E-state index contributed by atoms with van der Waals surface area (Å²) in [4.78, 5) is 29.6. The SMILES string of the molecule is Cc1nc(Nc2ncc(C)s2)cc([C@H]2CCN(C(=O)C3CCCCC3)C2)n1. The molecule has 0 bridgehead atoms. The van der Waals surface area contributed by atoms with Crippen molar-refractivity contribution in [2.75, 3.05) is 18.4 Å². The Hall–Kier alpha value is -2.02. The van der Waals surface area contributed by atoms with Crippen LogP contribution in [0.15, 0.2) is 12.3 Å². The summed E-state index contributed by atoms with van der Waals surface area (Å²) in [6.07, 6.45) is 8.63. The topological polar surface area (TPSA) is 71.0 Å². The molecule has 1 aliphatic carbocycles. The third kappa shape index (κ3) is 4.29. The van der Waals surface area contributed by atoms with Gasteiger partial charge in [0.15, 0.2) is 5.13 Å². The van der Waals surface area contributed by atoms with E-state index in [1.165, 1.54) is 19.3 Å². The van der Waals surface area contributed by atoms with Gasteiger partial charge in [-0.25, -0.2) is 15.0 Å². The second-order valence-electron chi connectivity index (χ2n) is 7.73. The van der Waals surface area contributed by atoms with E-state index in [4.69, 9.17) is 0 Å². The molecule has 0 unspecified atom stereocenters. The van der Waals surface area contributed by atoms with Crippen molar-refractivity contribution in [2.45, 2.75) is 58.3 Å². The second kappa shape index (κ2) is 7.92. The number of anilines is 2. The number of nitrogens with zero attached hydrogens (tertiary/aromatic N) is 4. The zero-order chi connectivity index (χ0) is 18.8. The van der Waals surface area contributed by atoms with Crippen LogP contribution in [-0.4, -0.2) is 38.8 Å². The number of rotatable bonds is 4. The molecule has 2 aromatic rings. The van der Waals surface area contributed by atoms with Crippen molar-refractivity contribution in [3.63, 3.8) is 0 Å². The Kier molecular flexibility index (Phi) is 5.38. The van der Waals surface area contributed by atoms with E-state index in [9.17, 15) is 4.79 Å². The van der Waals surface area contributed by atoms with Crippen molar-refractivity contribution in [1.82, 2.24) is 19.9 Å². The third-order valence-corrected chi connectivity index (χ3v) is 6.41. The minimum Gasteiger partial charge on any atom is -0.342 e. The average Bonchev–Trinajstić information content (AvgIpc) is 3.31. The minimum atomic E-state index is 0.245. The molecule has 2 fully saturated rings. The van der Waals surface area contributed by atoms with Crippen molar-refractivity contribution in [3.8, 4) is 0 Å². The monoisotopic (exact) mass is 385 g/mol. The van der Waals surface area contributed by atoms with Crippen LogP contribution in [0.25, 0.3) is 0 Å². The van der Waals surface area contributed by atoms with Crippen LogP contribution < -0.4 is 5.32 Å². The molecule has 4 rings (SSSR count). The van der Waals surface area contributed by atoms with E-state index in [-0.39, 0.29) is 11.8 Å². The van der Waals surface area contributed by atoms with Crippen molar-refractivity contribution >= 4 is 28.2 Å². The van der Waals surface area contributed by atoms with E-state index >= 15 is 0 Å². The first-order chi connectivity index (χ1) is 13.1. The van der Waals surface area contributed by atoms with Gasteiger partial charge in [-0.2, -0.15) is 0 Å². The first kappa shape index (κ1) is 18.3. The maximum atomic E-state index is 12.8. The number of nitrogens with one attached hydrogen (secondary N) is 1. The van der Waals surface area contributed by atoms with Crippen LogP contribution in [-0.2, 0) is 4.79 Å². The molecule has 1 N–H and O–H groups in total. The number of aromatic nitrogens is 3. The predicted molar refractivity (Wildman–Crippen MR) is 107 cm³/mol. The van der Waals surface area contributed by atoms with Gasteiger partial charge in [0.1, 0.15) is 11.6 Å². The average molecular weight is 386 g/mol. The molecule has 0 aromatic carbocycles. The predicted octanol–water partition coefficient (Wildman–Crippen LogP) is 4.19. The highest BCUT2D eigenvalue weighted by atomic mass is 32.1. The number of aryl methyl sites for hydroxylation is 2. The van der Waals surface area contributed by atoms with E-state index in [1.807, 2.05) is 26.1 Å². The molecule has 27 heavy (non-hydrogen) atoms. The van der Waals surface area contributed by atoms with E-state index in [1.54, 1.807) is 11.3 Å². The number of carbonyl (C=O) groups is 1. The summed E-state index contributed by atoms with van der Waals surface area (Å²) in [5, 5.41) is 4.14. The lowest BCUT2D eigenvalue weighted by molar-refractivity contribution is -0.135. The van der Waals surface area contributed by atoms with Gasteiger partial charge in [0.25, 0.3) is 0 Å². The Balaban J connectivity index is 1.44. The van der Waals surface area contributed by atoms with Gasteiger partial charge < -0.3 is 10.2 Å². The number of thiazole rings is 1. The van der Waals surface area contributed by atoms with Gasteiger partial charge in [-0.15, -0.1) is 11.3 Å². The Bertz CT molecular complexity index is 814. The molecule has 6 nitrogen and oxygen atoms in total. The lowest BCUT2D eigenvalue weighted by atomic mass is 9.88. The second-order valence-corrected chi connectivity index (χ2v) is 8.97. The van der Waals surface area contributed by atoms with E-state index in [0.29, 0.717) is 5.91 Å². The highest BCUT2D eigenvalue weighted by Crippen LogP contribution is 2.32. The first-order valence-corrected chi connectivity index (χ1v) is 10.7. The van der Waals surface area contributed by atoms with Crippen LogP contribution >= 0.6 is 11.3 Å².